The highest BCUT2D eigenvalue weighted by molar-refractivity contribution is 5.91. The van der Waals surface area contributed by atoms with Crippen LogP contribution in [-0.4, -0.2) is 44.0 Å². The number of methoxy groups -OCH3 is 1. The van der Waals surface area contributed by atoms with Crippen LogP contribution in [0.5, 0.6) is 0 Å². The molecule has 0 aromatic rings. The van der Waals surface area contributed by atoms with Crippen molar-refractivity contribution in [1.82, 2.24) is 4.90 Å². The van der Waals surface area contributed by atoms with Gasteiger partial charge >= 0.3 is 0 Å². The maximum absolute atomic E-state index is 11.4. The molecule has 0 saturated carbocycles. The molecule has 0 aromatic heterocycles. The standard InChI is InChI=1S/C13H23NO2/c1-11(2)13(15)5-4-7-14-8-6-12(9-14)10-16-3/h4-5,11-12H,6-10H2,1-3H3/b5-4+/t12-/m0/s1. The summed E-state index contributed by atoms with van der Waals surface area (Å²) in [4.78, 5) is 13.7. The van der Waals surface area contributed by atoms with Gasteiger partial charge in [0.05, 0.1) is 6.61 Å². The highest BCUT2D eigenvalue weighted by Crippen LogP contribution is 2.15. The van der Waals surface area contributed by atoms with Gasteiger partial charge in [0.2, 0.25) is 0 Å². The van der Waals surface area contributed by atoms with Crippen LogP contribution in [0.2, 0.25) is 0 Å². The first kappa shape index (κ1) is 13.4. The largest absolute Gasteiger partial charge is 0.384 e. The van der Waals surface area contributed by atoms with E-state index in [1.807, 2.05) is 19.9 Å². The summed E-state index contributed by atoms with van der Waals surface area (Å²) in [7, 11) is 1.75. The first-order chi connectivity index (χ1) is 7.63. The van der Waals surface area contributed by atoms with Gasteiger partial charge in [0.15, 0.2) is 5.78 Å². The van der Waals surface area contributed by atoms with Gasteiger partial charge in [-0.05, 0) is 25.0 Å². The molecular weight excluding hydrogens is 202 g/mol. The number of carbonyl (C=O) groups excluding carboxylic acids is 1. The second kappa shape index (κ2) is 6.81. The summed E-state index contributed by atoms with van der Waals surface area (Å²) in [6.45, 7) is 7.81. The molecule has 1 saturated heterocycles. The van der Waals surface area contributed by atoms with Crippen LogP contribution in [0.1, 0.15) is 20.3 Å². The number of ether oxygens (including phenoxy) is 1. The van der Waals surface area contributed by atoms with Crippen molar-refractivity contribution < 1.29 is 9.53 Å². The van der Waals surface area contributed by atoms with Crippen LogP contribution < -0.4 is 0 Å². The summed E-state index contributed by atoms with van der Waals surface area (Å²) in [5, 5.41) is 0. The SMILES string of the molecule is COC[C@H]1CCN(C/C=C/C(=O)C(C)C)C1. The van der Waals surface area contributed by atoms with Gasteiger partial charge in [-0.2, -0.15) is 0 Å². The molecule has 3 nitrogen and oxygen atoms in total. The zero-order valence-electron chi connectivity index (χ0n) is 10.6. The smallest absolute Gasteiger partial charge is 0.157 e. The molecule has 1 atom stereocenters. The Morgan fingerprint density at radius 3 is 2.94 bits per heavy atom. The summed E-state index contributed by atoms with van der Waals surface area (Å²) in [6.07, 6.45) is 4.91. The van der Waals surface area contributed by atoms with Gasteiger partial charge in [0.25, 0.3) is 0 Å². The first-order valence-corrected chi connectivity index (χ1v) is 6.05. The number of hydrogen-bond acceptors (Lipinski definition) is 3. The number of hydrogen-bond donors (Lipinski definition) is 0. The van der Waals surface area contributed by atoms with Gasteiger partial charge in [-0.25, -0.2) is 0 Å². The highest BCUT2D eigenvalue weighted by Gasteiger charge is 2.20. The van der Waals surface area contributed by atoms with Gasteiger partial charge in [0, 0.05) is 26.1 Å². The van der Waals surface area contributed by atoms with E-state index in [0.29, 0.717) is 5.92 Å². The average Bonchev–Trinajstić information content (AvgIpc) is 2.66. The third-order valence-electron chi connectivity index (χ3n) is 2.99. The fourth-order valence-electron chi connectivity index (χ4n) is 1.96. The topological polar surface area (TPSA) is 29.5 Å². The normalized spacial score (nSPS) is 22.4. The number of ketones is 1. The quantitative estimate of drug-likeness (QED) is 0.645. The minimum Gasteiger partial charge on any atom is -0.384 e. The van der Waals surface area contributed by atoms with E-state index in [4.69, 9.17) is 4.74 Å². The maximum atomic E-state index is 11.4. The highest BCUT2D eigenvalue weighted by atomic mass is 16.5. The van der Waals surface area contributed by atoms with Gasteiger partial charge in [0.1, 0.15) is 0 Å². The zero-order valence-corrected chi connectivity index (χ0v) is 10.6. The van der Waals surface area contributed by atoms with E-state index in [1.54, 1.807) is 13.2 Å². The molecule has 0 unspecified atom stereocenters. The van der Waals surface area contributed by atoms with E-state index in [9.17, 15) is 4.79 Å². The van der Waals surface area contributed by atoms with E-state index in [2.05, 4.69) is 4.90 Å². The summed E-state index contributed by atoms with van der Waals surface area (Å²) >= 11 is 0. The molecule has 0 radical (unpaired) electrons. The number of rotatable bonds is 6. The molecule has 1 heterocycles. The monoisotopic (exact) mass is 225 g/mol. The Hall–Kier alpha value is -0.670. The van der Waals surface area contributed by atoms with Gasteiger partial charge in [-0.1, -0.05) is 19.9 Å². The van der Waals surface area contributed by atoms with Crippen molar-refractivity contribution in [3.05, 3.63) is 12.2 Å². The van der Waals surface area contributed by atoms with Crippen molar-refractivity contribution in [3.63, 3.8) is 0 Å². The molecular formula is C13H23NO2. The van der Waals surface area contributed by atoms with Gasteiger partial charge in [-0.15, -0.1) is 0 Å². The fourth-order valence-corrected chi connectivity index (χ4v) is 1.96. The Morgan fingerprint density at radius 1 is 1.56 bits per heavy atom. The van der Waals surface area contributed by atoms with Crippen molar-refractivity contribution in [1.29, 1.82) is 0 Å². The zero-order chi connectivity index (χ0) is 12.0. The van der Waals surface area contributed by atoms with Crippen LogP contribution >= 0.6 is 0 Å². The fraction of sp³-hybridized carbons (Fsp3) is 0.769. The number of likely N-dealkylation sites (tertiary alicyclic amines) is 1. The Labute approximate surface area is 98.5 Å². The lowest BCUT2D eigenvalue weighted by Crippen LogP contribution is -2.22. The molecule has 0 amide bonds. The predicted molar refractivity (Wildman–Crippen MR) is 65.4 cm³/mol. The molecule has 16 heavy (non-hydrogen) atoms. The number of nitrogens with zero attached hydrogens (tertiary/aromatic N) is 1. The third kappa shape index (κ3) is 4.45. The van der Waals surface area contributed by atoms with Crippen molar-refractivity contribution in [2.75, 3.05) is 33.4 Å². The van der Waals surface area contributed by atoms with Crippen LogP contribution in [0.4, 0.5) is 0 Å². The molecule has 0 aliphatic carbocycles. The lowest BCUT2D eigenvalue weighted by Gasteiger charge is -2.13. The van der Waals surface area contributed by atoms with Crippen molar-refractivity contribution in [2.24, 2.45) is 11.8 Å². The van der Waals surface area contributed by atoms with Crippen LogP contribution in [-0.2, 0) is 9.53 Å². The summed E-state index contributed by atoms with van der Waals surface area (Å²) < 4.78 is 5.15. The maximum Gasteiger partial charge on any atom is 0.157 e. The second-order valence-corrected chi connectivity index (χ2v) is 4.83. The van der Waals surface area contributed by atoms with Crippen LogP contribution in [0.25, 0.3) is 0 Å². The van der Waals surface area contributed by atoms with Crippen LogP contribution in [0.3, 0.4) is 0 Å². The third-order valence-corrected chi connectivity index (χ3v) is 2.99. The number of carbonyl (C=O) groups is 1. The predicted octanol–water partition coefficient (Wildman–Crippen LogP) is 1.74. The molecule has 0 N–H and O–H groups in total. The van der Waals surface area contributed by atoms with E-state index in [-0.39, 0.29) is 11.7 Å². The van der Waals surface area contributed by atoms with E-state index in [0.717, 1.165) is 26.2 Å². The van der Waals surface area contributed by atoms with Crippen molar-refractivity contribution in [3.8, 4) is 0 Å². The summed E-state index contributed by atoms with van der Waals surface area (Å²) in [5.74, 6) is 0.989. The van der Waals surface area contributed by atoms with Crippen molar-refractivity contribution in [2.45, 2.75) is 20.3 Å². The summed E-state index contributed by atoms with van der Waals surface area (Å²) in [6, 6.07) is 0. The van der Waals surface area contributed by atoms with Crippen molar-refractivity contribution >= 4 is 5.78 Å². The second-order valence-electron chi connectivity index (χ2n) is 4.83. The Morgan fingerprint density at radius 2 is 2.31 bits per heavy atom. The molecule has 1 fully saturated rings. The molecule has 1 rings (SSSR count). The number of allylic oxidation sites excluding steroid dienone is 1. The van der Waals surface area contributed by atoms with Gasteiger partial charge in [-0.3, -0.25) is 9.69 Å². The molecule has 0 spiro atoms. The summed E-state index contributed by atoms with van der Waals surface area (Å²) in [5.41, 5.74) is 0. The Kier molecular flexibility index (Phi) is 5.71. The minimum atomic E-state index is 0.107. The molecule has 1 aliphatic heterocycles. The van der Waals surface area contributed by atoms with E-state index < -0.39 is 0 Å². The lowest BCUT2D eigenvalue weighted by atomic mass is 10.1. The Bertz CT molecular complexity index is 248. The molecule has 3 heteroatoms. The first-order valence-electron chi connectivity index (χ1n) is 6.05. The Balaban J connectivity index is 2.22. The van der Waals surface area contributed by atoms with E-state index in [1.165, 1.54) is 6.42 Å². The van der Waals surface area contributed by atoms with Gasteiger partial charge < -0.3 is 4.74 Å². The molecule has 0 bridgehead atoms. The molecule has 0 aromatic carbocycles. The van der Waals surface area contributed by atoms with Crippen LogP contribution in [0.15, 0.2) is 12.2 Å². The molecule has 1 aliphatic rings. The van der Waals surface area contributed by atoms with E-state index >= 15 is 0 Å². The lowest BCUT2D eigenvalue weighted by molar-refractivity contribution is -0.117. The minimum absolute atomic E-state index is 0.107. The average molecular weight is 225 g/mol. The molecule has 92 valence electrons. The van der Waals surface area contributed by atoms with Crippen LogP contribution in [0, 0.1) is 11.8 Å².